The molecule has 0 saturated carbocycles. The minimum absolute atomic E-state index is 0.0911. The summed E-state index contributed by atoms with van der Waals surface area (Å²) in [6, 6.07) is 16.4. The summed E-state index contributed by atoms with van der Waals surface area (Å²) in [4.78, 5) is 22.4. The number of halogens is 1. The largest absolute Gasteiger partial charge is 0.497 e. The Morgan fingerprint density at radius 1 is 1.06 bits per heavy atom. The summed E-state index contributed by atoms with van der Waals surface area (Å²) >= 11 is 1.37. The van der Waals surface area contributed by atoms with E-state index >= 15 is 0 Å². The van der Waals surface area contributed by atoms with E-state index in [1.54, 1.807) is 26.2 Å². The molecule has 0 fully saturated rings. The molecule has 0 atom stereocenters. The van der Waals surface area contributed by atoms with Crippen molar-refractivity contribution in [3.63, 3.8) is 0 Å². The fourth-order valence-corrected chi connectivity index (χ4v) is 4.67. The first-order valence-corrected chi connectivity index (χ1v) is 11.9. The number of pyridine rings is 1. The van der Waals surface area contributed by atoms with Crippen LogP contribution in [0.15, 0.2) is 66.2 Å². The minimum atomic E-state index is -0.274. The number of fused-ring (bicyclic) bond motifs is 1. The number of aromatic nitrogens is 3. The number of methoxy groups -OCH3 is 1. The topological polar surface area (TPSA) is 68.5 Å². The van der Waals surface area contributed by atoms with E-state index in [9.17, 15) is 9.18 Å². The van der Waals surface area contributed by atoms with Crippen LogP contribution >= 0.6 is 11.3 Å². The van der Waals surface area contributed by atoms with Crippen LogP contribution in [0.1, 0.15) is 16.8 Å². The number of amides is 1. The lowest BCUT2D eigenvalue weighted by Crippen LogP contribution is -2.16. The average Bonchev–Trinajstić information content (AvgIpc) is 3.46. The van der Waals surface area contributed by atoms with E-state index in [1.807, 2.05) is 59.3 Å². The first-order valence-electron chi connectivity index (χ1n) is 11.0. The third kappa shape index (κ3) is 4.65. The van der Waals surface area contributed by atoms with Crippen LogP contribution in [-0.4, -0.2) is 27.4 Å². The number of rotatable bonds is 6. The molecule has 3 heterocycles. The van der Waals surface area contributed by atoms with Crippen LogP contribution in [0.25, 0.3) is 28.2 Å². The zero-order valence-electron chi connectivity index (χ0n) is 19.5. The predicted octanol–water partition coefficient (Wildman–Crippen LogP) is 6.07. The second-order valence-electron chi connectivity index (χ2n) is 8.30. The molecule has 5 rings (SSSR count). The van der Waals surface area contributed by atoms with Crippen molar-refractivity contribution in [1.82, 2.24) is 14.4 Å². The fraction of sp³-hybridized carbons (Fsp3) is 0.148. The number of imidazole rings is 1. The van der Waals surface area contributed by atoms with Crippen molar-refractivity contribution in [3.05, 3.63) is 88.8 Å². The molecule has 0 aliphatic rings. The Balaban J connectivity index is 1.43. The molecule has 2 aromatic carbocycles. The van der Waals surface area contributed by atoms with Gasteiger partial charge in [-0.15, -0.1) is 11.3 Å². The summed E-state index contributed by atoms with van der Waals surface area (Å²) in [5.41, 5.74) is 6.18. The third-order valence-electron chi connectivity index (χ3n) is 5.76. The Hall–Kier alpha value is -4.04. The fourth-order valence-electron chi connectivity index (χ4n) is 3.93. The molecule has 8 heteroatoms. The van der Waals surface area contributed by atoms with Gasteiger partial charge in [-0.05, 0) is 73.5 Å². The molecular formula is C27H23FN4O2S. The maximum atomic E-state index is 13.9. The second-order valence-corrected chi connectivity index (χ2v) is 9.16. The van der Waals surface area contributed by atoms with Crippen molar-refractivity contribution < 1.29 is 13.9 Å². The van der Waals surface area contributed by atoms with Gasteiger partial charge in [-0.25, -0.2) is 14.4 Å². The molecule has 3 aromatic heterocycles. The molecule has 0 aliphatic heterocycles. The van der Waals surface area contributed by atoms with Gasteiger partial charge >= 0.3 is 0 Å². The highest BCUT2D eigenvalue weighted by atomic mass is 32.1. The summed E-state index contributed by atoms with van der Waals surface area (Å²) in [6.45, 7) is 3.70. The van der Waals surface area contributed by atoms with Gasteiger partial charge < -0.3 is 14.5 Å². The van der Waals surface area contributed by atoms with Gasteiger partial charge in [-0.1, -0.05) is 6.07 Å². The first kappa shape index (κ1) is 22.7. The number of carbonyl (C=O) groups excluding carboxylic acids is 1. The monoisotopic (exact) mass is 486 g/mol. The Bertz CT molecular complexity index is 1540. The lowest BCUT2D eigenvalue weighted by molar-refractivity contribution is -0.115. The molecular weight excluding hydrogens is 463 g/mol. The predicted molar refractivity (Wildman–Crippen MR) is 136 cm³/mol. The highest BCUT2D eigenvalue weighted by molar-refractivity contribution is 7.14. The number of nitrogens with zero attached hydrogens (tertiary/aromatic N) is 3. The quantitative estimate of drug-likeness (QED) is 0.316. The number of carbonyl (C=O) groups is 1. The van der Waals surface area contributed by atoms with Crippen molar-refractivity contribution in [2.75, 3.05) is 12.4 Å². The number of anilines is 1. The number of thiazole rings is 1. The van der Waals surface area contributed by atoms with E-state index in [2.05, 4.69) is 10.3 Å². The zero-order chi connectivity index (χ0) is 24.5. The summed E-state index contributed by atoms with van der Waals surface area (Å²) in [6.07, 6.45) is 2.05. The van der Waals surface area contributed by atoms with Gasteiger partial charge in [0.2, 0.25) is 5.91 Å². The van der Waals surface area contributed by atoms with Crippen LogP contribution in [0.4, 0.5) is 9.52 Å². The number of benzene rings is 2. The van der Waals surface area contributed by atoms with Gasteiger partial charge in [0.15, 0.2) is 5.13 Å². The highest BCUT2D eigenvalue weighted by Gasteiger charge is 2.19. The van der Waals surface area contributed by atoms with Gasteiger partial charge in [0.05, 0.1) is 30.6 Å². The van der Waals surface area contributed by atoms with E-state index in [1.165, 1.54) is 17.4 Å². The van der Waals surface area contributed by atoms with Gasteiger partial charge in [0.25, 0.3) is 0 Å². The Morgan fingerprint density at radius 3 is 2.57 bits per heavy atom. The van der Waals surface area contributed by atoms with Crippen LogP contribution in [-0.2, 0) is 11.2 Å². The second kappa shape index (κ2) is 9.31. The Morgan fingerprint density at radius 2 is 1.83 bits per heavy atom. The van der Waals surface area contributed by atoms with Crippen molar-refractivity contribution in [1.29, 1.82) is 0 Å². The highest BCUT2D eigenvalue weighted by Crippen LogP contribution is 2.29. The lowest BCUT2D eigenvalue weighted by Gasteiger charge is -2.07. The Labute approximate surface area is 206 Å². The molecule has 0 spiro atoms. The maximum absolute atomic E-state index is 13.9. The SMILES string of the molecule is COc1ccc(-c2csc(NC(=O)Cc3c(-c4ccc(F)c(C)c4)nc4ccc(C)cn34)n2)cc1. The lowest BCUT2D eigenvalue weighted by atomic mass is 10.1. The number of aryl methyl sites for hydroxylation is 2. The van der Waals surface area contributed by atoms with E-state index < -0.39 is 0 Å². The average molecular weight is 487 g/mol. The van der Waals surface area contributed by atoms with Crippen LogP contribution < -0.4 is 10.1 Å². The molecule has 35 heavy (non-hydrogen) atoms. The number of hydrogen-bond donors (Lipinski definition) is 1. The van der Waals surface area contributed by atoms with Crippen LogP contribution in [0.3, 0.4) is 0 Å². The van der Waals surface area contributed by atoms with Gasteiger partial charge in [-0.2, -0.15) is 0 Å². The normalized spacial score (nSPS) is 11.1. The van der Waals surface area contributed by atoms with E-state index in [0.29, 0.717) is 16.4 Å². The summed E-state index contributed by atoms with van der Waals surface area (Å²) in [5, 5.41) is 5.34. The van der Waals surface area contributed by atoms with Crippen LogP contribution in [0.5, 0.6) is 5.75 Å². The molecule has 0 saturated heterocycles. The Kier molecular flexibility index (Phi) is 6.05. The molecule has 0 unspecified atom stereocenters. The maximum Gasteiger partial charge on any atom is 0.232 e. The molecule has 0 bridgehead atoms. The standard InChI is InChI=1S/C27H23FN4O2S/c1-16-4-11-24-30-26(19-7-10-21(28)17(2)12-19)23(32(24)14-16)13-25(33)31-27-29-22(15-35-27)18-5-8-20(34-3)9-6-18/h4-12,14-15H,13H2,1-3H3,(H,29,31,33). The number of hydrogen-bond acceptors (Lipinski definition) is 5. The number of nitrogens with one attached hydrogen (secondary N) is 1. The van der Waals surface area contributed by atoms with Crippen molar-refractivity contribution in [2.24, 2.45) is 0 Å². The van der Waals surface area contributed by atoms with E-state index in [0.717, 1.165) is 39.5 Å². The van der Waals surface area contributed by atoms with Crippen molar-refractivity contribution in [3.8, 4) is 28.3 Å². The van der Waals surface area contributed by atoms with E-state index in [-0.39, 0.29) is 18.1 Å². The van der Waals surface area contributed by atoms with Gasteiger partial charge in [-0.3, -0.25) is 4.79 Å². The minimum Gasteiger partial charge on any atom is -0.497 e. The number of ether oxygens (including phenoxy) is 1. The zero-order valence-corrected chi connectivity index (χ0v) is 20.3. The molecule has 1 N–H and O–H groups in total. The summed E-state index contributed by atoms with van der Waals surface area (Å²) < 4.78 is 21.0. The molecule has 5 aromatic rings. The van der Waals surface area contributed by atoms with Crippen LogP contribution in [0, 0.1) is 19.7 Å². The molecule has 176 valence electrons. The molecule has 1 amide bonds. The molecule has 0 aliphatic carbocycles. The molecule has 6 nitrogen and oxygen atoms in total. The first-order chi connectivity index (χ1) is 16.9. The molecule has 0 radical (unpaired) electrons. The van der Waals surface area contributed by atoms with E-state index in [4.69, 9.17) is 9.72 Å². The van der Waals surface area contributed by atoms with Crippen molar-refractivity contribution >= 4 is 28.0 Å². The summed E-state index contributed by atoms with van der Waals surface area (Å²) in [7, 11) is 1.62. The van der Waals surface area contributed by atoms with Gasteiger partial charge in [0.1, 0.15) is 17.2 Å². The summed E-state index contributed by atoms with van der Waals surface area (Å²) in [5.74, 6) is 0.293. The van der Waals surface area contributed by atoms with Gasteiger partial charge in [0, 0.05) is 22.7 Å². The van der Waals surface area contributed by atoms with Crippen molar-refractivity contribution in [2.45, 2.75) is 20.3 Å². The third-order valence-corrected chi connectivity index (χ3v) is 6.52. The van der Waals surface area contributed by atoms with Crippen LogP contribution in [0.2, 0.25) is 0 Å². The smallest absolute Gasteiger partial charge is 0.232 e.